The second-order valence-corrected chi connectivity index (χ2v) is 6.02. The number of hydrogen-bond donors (Lipinski definition) is 1. The SMILES string of the molecule is C[C@@H](NC(=O)COC(=O)Cc1ccc2c(c1)OCCO2)c1ccccc1. The first-order valence-corrected chi connectivity index (χ1v) is 8.50. The molecule has 0 saturated carbocycles. The zero-order valence-electron chi connectivity index (χ0n) is 14.6. The number of rotatable bonds is 6. The van der Waals surface area contributed by atoms with Crippen LogP contribution in [0.5, 0.6) is 11.5 Å². The molecule has 136 valence electrons. The lowest BCUT2D eigenvalue weighted by molar-refractivity contribution is -0.148. The monoisotopic (exact) mass is 355 g/mol. The van der Waals surface area contributed by atoms with E-state index in [0.717, 1.165) is 11.1 Å². The molecule has 1 atom stereocenters. The lowest BCUT2D eigenvalue weighted by Crippen LogP contribution is -2.31. The Labute approximate surface area is 152 Å². The van der Waals surface area contributed by atoms with Crippen molar-refractivity contribution >= 4 is 11.9 Å². The van der Waals surface area contributed by atoms with Crippen LogP contribution in [0.25, 0.3) is 0 Å². The maximum Gasteiger partial charge on any atom is 0.310 e. The van der Waals surface area contributed by atoms with Gasteiger partial charge in [0.25, 0.3) is 5.91 Å². The molecule has 0 aromatic heterocycles. The molecule has 3 rings (SSSR count). The Balaban J connectivity index is 1.46. The number of nitrogens with one attached hydrogen (secondary N) is 1. The van der Waals surface area contributed by atoms with Crippen molar-refractivity contribution in [1.82, 2.24) is 5.32 Å². The standard InChI is InChI=1S/C20H21NO5/c1-14(16-5-3-2-4-6-16)21-19(22)13-26-20(23)12-15-7-8-17-18(11-15)25-10-9-24-17/h2-8,11,14H,9-10,12-13H2,1H3,(H,21,22)/t14-/m1/s1. The highest BCUT2D eigenvalue weighted by Gasteiger charge is 2.15. The summed E-state index contributed by atoms with van der Waals surface area (Å²) < 4.78 is 16.0. The molecule has 26 heavy (non-hydrogen) atoms. The molecular formula is C20H21NO5. The normalized spacial score (nSPS) is 13.6. The summed E-state index contributed by atoms with van der Waals surface area (Å²) in [4.78, 5) is 23.9. The van der Waals surface area contributed by atoms with Gasteiger partial charge in [-0.25, -0.2) is 0 Å². The summed E-state index contributed by atoms with van der Waals surface area (Å²) in [6.07, 6.45) is 0.0676. The molecule has 1 N–H and O–H groups in total. The summed E-state index contributed by atoms with van der Waals surface area (Å²) in [6, 6.07) is 14.7. The van der Waals surface area contributed by atoms with Crippen molar-refractivity contribution in [2.45, 2.75) is 19.4 Å². The number of amides is 1. The maximum absolute atomic E-state index is 12.0. The minimum absolute atomic E-state index is 0.0676. The average molecular weight is 355 g/mol. The highest BCUT2D eigenvalue weighted by molar-refractivity contribution is 5.81. The number of esters is 1. The van der Waals surface area contributed by atoms with Crippen LogP contribution in [0.2, 0.25) is 0 Å². The number of ether oxygens (including phenoxy) is 3. The first-order valence-electron chi connectivity index (χ1n) is 8.50. The second kappa shape index (κ2) is 8.38. The van der Waals surface area contributed by atoms with Crippen LogP contribution in [0.15, 0.2) is 48.5 Å². The second-order valence-electron chi connectivity index (χ2n) is 6.02. The van der Waals surface area contributed by atoms with Gasteiger partial charge in [0, 0.05) is 0 Å². The number of carbonyl (C=O) groups is 2. The van der Waals surface area contributed by atoms with E-state index in [4.69, 9.17) is 14.2 Å². The fourth-order valence-electron chi connectivity index (χ4n) is 2.67. The molecule has 0 aliphatic carbocycles. The zero-order chi connectivity index (χ0) is 18.4. The van der Waals surface area contributed by atoms with Gasteiger partial charge in [-0.1, -0.05) is 36.4 Å². The van der Waals surface area contributed by atoms with E-state index in [0.29, 0.717) is 24.7 Å². The summed E-state index contributed by atoms with van der Waals surface area (Å²) in [6.45, 7) is 2.58. The molecule has 0 radical (unpaired) electrons. The van der Waals surface area contributed by atoms with Gasteiger partial charge in [-0.05, 0) is 30.2 Å². The lowest BCUT2D eigenvalue weighted by Gasteiger charge is -2.18. The summed E-state index contributed by atoms with van der Waals surface area (Å²) >= 11 is 0. The highest BCUT2D eigenvalue weighted by Crippen LogP contribution is 2.30. The molecule has 1 heterocycles. The lowest BCUT2D eigenvalue weighted by atomic mass is 10.1. The number of fused-ring (bicyclic) bond motifs is 1. The van der Waals surface area contributed by atoms with Gasteiger partial charge < -0.3 is 19.5 Å². The molecule has 1 aliphatic heterocycles. The van der Waals surface area contributed by atoms with Crippen molar-refractivity contribution in [1.29, 1.82) is 0 Å². The minimum Gasteiger partial charge on any atom is -0.486 e. The van der Waals surface area contributed by atoms with Crippen LogP contribution in [0.1, 0.15) is 24.1 Å². The van der Waals surface area contributed by atoms with Crippen LogP contribution >= 0.6 is 0 Å². The number of benzene rings is 2. The maximum atomic E-state index is 12.0. The Morgan fingerprint density at radius 2 is 1.81 bits per heavy atom. The average Bonchev–Trinajstić information content (AvgIpc) is 2.67. The van der Waals surface area contributed by atoms with E-state index in [2.05, 4.69) is 5.32 Å². The van der Waals surface area contributed by atoms with Gasteiger partial charge in [0.05, 0.1) is 12.5 Å². The Kier molecular flexibility index (Phi) is 5.73. The quantitative estimate of drug-likeness (QED) is 0.806. The zero-order valence-corrected chi connectivity index (χ0v) is 14.6. The van der Waals surface area contributed by atoms with E-state index in [1.54, 1.807) is 18.2 Å². The molecule has 0 saturated heterocycles. The molecule has 6 nitrogen and oxygen atoms in total. The molecule has 0 bridgehead atoms. The Morgan fingerprint density at radius 3 is 2.58 bits per heavy atom. The molecule has 0 unspecified atom stereocenters. The fourth-order valence-corrected chi connectivity index (χ4v) is 2.67. The van der Waals surface area contributed by atoms with E-state index < -0.39 is 5.97 Å². The van der Waals surface area contributed by atoms with Crippen molar-refractivity contribution in [2.24, 2.45) is 0 Å². The van der Waals surface area contributed by atoms with Gasteiger partial charge in [0.2, 0.25) is 0 Å². The molecule has 0 fully saturated rings. The minimum atomic E-state index is -0.468. The Hall–Kier alpha value is -3.02. The number of hydrogen-bond acceptors (Lipinski definition) is 5. The topological polar surface area (TPSA) is 73.9 Å². The predicted molar refractivity (Wildman–Crippen MR) is 95.1 cm³/mol. The molecule has 2 aromatic carbocycles. The summed E-state index contributed by atoms with van der Waals surface area (Å²) in [5.74, 6) is 0.486. The van der Waals surface area contributed by atoms with E-state index in [-0.39, 0.29) is 25.0 Å². The van der Waals surface area contributed by atoms with Crippen molar-refractivity contribution in [2.75, 3.05) is 19.8 Å². The van der Waals surface area contributed by atoms with Crippen LogP contribution in [0.3, 0.4) is 0 Å². The van der Waals surface area contributed by atoms with Gasteiger partial charge in [0.15, 0.2) is 18.1 Å². The predicted octanol–water partition coefficient (Wildman–Crippen LogP) is 2.42. The Morgan fingerprint density at radius 1 is 1.08 bits per heavy atom. The van der Waals surface area contributed by atoms with Crippen molar-refractivity contribution in [3.8, 4) is 11.5 Å². The van der Waals surface area contributed by atoms with Crippen LogP contribution in [0.4, 0.5) is 0 Å². The first kappa shape index (κ1) is 17.8. The third kappa shape index (κ3) is 4.75. The Bertz CT molecular complexity index is 775. The summed E-state index contributed by atoms with van der Waals surface area (Å²) in [7, 11) is 0. The third-order valence-corrected chi connectivity index (χ3v) is 4.00. The highest BCUT2D eigenvalue weighted by atomic mass is 16.6. The molecule has 0 spiro atoms. The molecule has 2 aromatic rings. The molecular weight excluding hydrogens is 334 g/mol. The van der Waals surface area contributed by atoms with E-state index in [1.807, 2.05) is 37.3 Å². The summed E-state index contributed by atoms with van der Waals surface area (Å²) in [5.41, 5.74) is 1.74. The molecule has 1 amide bonds. The van der Waals surface area contributed by atoms with Gasteiger partial charge in [0.1, 0.15) is 13.2 Å². The van der Waals surface area contributed by atoms with Crippen molar-refractivity contribution < 1.29 is 23.8 Å². The first-order chi connectivity index (χ1) is 12.6. The smallest absolute Gasteiger partial charge is 0.310 e. The van der Waals surface area contributed by atoms with Gasteiger partial charge in [-0.2, -0.15) is 0 Å². The summed E-state index contributed by atoms with van der Waals surface area (Å²) in [5, 5.41) is 2.80. The van der Waals surface area contributed by atoms with Crippen LogP contribution < -0.4 is 14.8 Å². The third-order valence-electron chi connectivity index (χ3n) is 4.00. The van der Waals surface area contributed by atoms with E-state index >= 15 is 0 Å². The van der Waals surface area contributed by atoms with Crippen LogP contribution in [-0.4, -0.2) is 31.7 Å². The molecule has 6 heteroatoms. The fraction of sp³-hybridized carbons (Fsp3) is 0.300. The van der Waals surface area contributed by atoms with Crippen LogP contribution in [0, 0.1) is 0 Å². The van der Waals surface area contributed by atoms with Crippen molar-refractivity contribution in [3.05, 3.63) is 59.7 Å². The van der Waals surface area contributed by atoms with E-state index in [1.165, 1.54) is 0 Å². The number of carbonyl (C=O) groups excluding carboxylic acids is 2. The van der Waals surface area contributed by atoms with Gasteiger partial charge in [-0.3, -0.25) is 9.59 Å². The molecule has 1 aliphatic rings. The van der Waals surface area contributed by atoms with Gasteiger partial charge in [-0.15, -0.1) is 0 Å². The van der Waals surface area contributed by atoms with Crippen molar-refractivity contribution in [3.63, 3.8) is 0 Å². The van der Waals surface area contributed by atoms with Crippen LogP contribution in [-0.2, 0) is 20.7 Å². The largest absolute Gasteiger partial charge is 0.486 e. The van der Waals surface area contributed by atoms with Gasteiger partial charge >= 0.3 is 5.97 Å². The van der Waals surface area contributed by atoms with E-state index in [9.17, 15) is 9.59 Å².